The SMILES string of the molecule is Cc1cc(C(=O)N2CCN(C(=O)NCCCC(=O)O)CC2)c(C)o1. The average molecular weight is 337 g/mol. The van der Waals surface area contributed by atoms with E-state index in [-0.39, 0.29) is 18.4 Å². The van der Waals surface area contributed by atoms with Gasteiger partial charge in [0.15, 0.2) is 0 Å². The Kier molecular flexibility index (Phi) is 5.83. The second-order valence-electron chi connectivity index (χ2n) is 5.84. The van der Waals surface area contributed by atoms with E-state index in [4.69, 9.17) is 9.52 Å². The minimum absolute atomic E-state index is 0.0338. The quantitative estimate of drug-likeness (QED) is 0.787. The molecular formula is C16H23N3O5. The number of carbonyl (C=O) groups is 3. The summed E-state index contributed by atoms with van der Waals surface area (Å²) in [6.07, 6.45) is 0.435. The Bertz CT molecular complexity index is 617. The zero-order valence-electron chi connectivity index (χ0n) is 14.0. The van der Waals surface area contributed by atoms with E-state index in [9.17, 15) is 14.4 Å². The van der Waals surface area contributed by atoms with Gasteiger partial charge in [-0.25, -0.2) is 4.79 Å². The van der Waals surface area contributed by atoms with Gasteiger partial charge in [-0.15, -0.1) is 0 Å². The predicted octanol–water partition coefficient (Wildman–Crippen LogP) is 1.23. The molecule has 1 saturated heterocycles. The molecule has 2 rings (SSSR count). The third kappa shape index (κ3) is 4.50. The number of hydrogen-bond donors (Lipinski definition) is 2. The van der Waals surface area contributed by atoms with Crippen LogP contribution in [-0.2, 0) is 4.79 Å². The Labute approximate surface area is 140 Å². The van der Waals surface area contributed by atoms with Crippen molar-refractivity contribution >= 4 is 17.9 Å². The Morgan fingerprint density at radius 3 is 2.33 bits per heavy atom. The first-order chi connectivity index (χ1) is 11.4. The van der Waals surface area contributed by atoms with E-state index < -0.39 is 5.97 Å². The maximum Gasteiger partial charge on any atom is 0.317 e. The van der Waals surface area contributed by atoms with Gasteiger partial charge >= 0.3 is 12.0 Å². The van der Waals surface area contributed by atoms with Crippen LogP contribution in [0.25, 0.3) is 0 Å². The monoisotopic (exact) mass is 337 g/mol. The summed E-state index contributed by atoms with van der Waals surface area (Å²) in [4.78, 5) is 38.2. The lowest BCUT2D eigenvalue weighted by atomic mass is 10.2. The standard InChI is InChI=1S/C16H23N3O5/c1-11-10-13(12(2)24-11)15(22)18-6-8-19(9-7-18)16(23)17-5-3-4-14(20)21/h10H,3-9H2,1-2H3,(H,17,23)(H,20,21). The highest BCUT2D eigenvalue weighted by atomic mass is 16.4. The van der Waals surface area contributed by atoms with Crippen molar-refractivity contribution in [2.75, 3.05) is 32.7 Å². The van der Waals surface area contributed by atoms with E-state index in [2.05, 4.69) is 5.32 Å². The molecule has 2 heterocycles. The summed E-state index contributed by atoms with van der Waals surface area (Å²) >= 11 is 0. The van der Waals surface area contributed by atoms with E-state index in [1.807, 2.05) is 0 Å². The van der Waals surface area contributed by atoms with Gasteiger partial charge in [-0.3, -0.25) is 9.59 Å². The molecule has 8 nitrogen and oxygen atoms in total. The average Bonchev–Trinajstić information content (AvgIpc) is 2.89. The fourth-order valence-corrected chi connectivity index (χ4v) is 2.67. The van der Waals surface area contributed by atoms with Gasteiger partial charge in [0, 0.05) is 39.1 Å². The van der Waals surface area contributed by atoms with Crippen molar-refractivity contribution in [1.29, 1.82) is 0 Å². The maximum atomic E-state index is 12.5. The molecule has 1 aliphatic heterocycles. The second kappa shape index (κ2) is 7.85. The van der Waals surface area contributed by atoms with Crippen LogP contribution in [0.1, 0.15) is 34.7 Å². The smallest absolute Gasteiger partial charge is 0.317 e. The number of rotatable bonds is 5. The fourth-order valence-electron chi connectivity index (χ4n) is 2.67. The molecule has 0 bridgehead atoms. The van der Waals surface area contributed by atoms with Crippen molar-refractivity contribution in [2.24, 2.45) is 0 Å². The second-order valence-corrected chi connectivity index (χ2v) is 5.84. The number of hydrogen-bond acceptors (Lipinski definition) is 4. The van der Waals surface area contributed by atoms with Crippen LogP contribution >= 0.6 is 0 Å². The Hall–Kier alpha value is -2.51. The first-order valence-corrected chi connectivity index (χ1v) is 7.99. The van der Waals surface area contributed by atoms with Crippen molar-refractivity contribution in [3.63, 3.8) is 0 Å². The Morgan fingerprint density at radius 1 is 1.17 bits per heavy atom. The van der Waals surface area contributed by atoms with Crippen LogP contribution in [0.3, 0.4) is 0 Å². The van der Waals surface area contributed by atoms with Gasteiger partial charge in [0.05, 0.1) is 5.56 Å². The number of carboxylic acids is 1. The van der Waals surface area contributed by atoms with E-state index in [0.717, 1.165) is 0 Å². The molecule has 0 aromatic carbocycles. The lowest BCUT2D eigenvalue weighted by Crippen LogP contribution is -2.53. The maximum absolute atomic E-state index is 12.5. The van der Waals surface area contributed by atoms with E-state index >= 15 is 0 Å². The predicted molar refractivity (Wildman–Crippen MR) is 85.9 cm³/mol. The molecule has 1 aromatic rings. The summed E-state index contributed by atoms with van der Waals surface area (Å²) in [6.45, 7) is 5.73. The molecule has 24 heavy (non-hydrogen) atoms. The summed E-state index contributed by atoms with van der Waals surface area (Å²) < 4.78 is 5.39. The minimum atomic E-state index is -0.874. The molecule has 3 amide bonds. The molecule has 0 unspecified atom stereocenters. The van der Waals surface area contributed by atoms with Gasteiger partial charge in [0.2, 0.25) is 0 Å². The summed E-state index contributed by atoms with van der Waals surface area (Å²) in [7, 11) is 0. The third-order valence-electron chi connectivity index (χ3n) is 3.97. The van der Waals surface area contributed by atoms with Gasteiger partial charge in [0.1, 0.15) is 11.5 Å². The number of nitrogens with one attached hydrogen (secondary N) is 1. The normalized spacial score (nSPS) is 14.6. The van der Waals surface area contributed by atoms with Gasteiger partial charge in [-0.1, -0.05) is 0 Å². The lowest BCUT2D eigenvalue weighted by molar-refractivity contribution is -0.137. The van der Waals surface area contributed by atoms with Crippen LogP contribution in [0.15, 0.2) is 10.5 Å². The molecule has 0 saturated carbocycles. The van der Waals surface area contributed by atoms with E-state index in [1.165, 1.54) is 0 Å². The van der Waals surface area contributed by atoms with Crippen molar-refractivity contribution in [3.05, 3.63) is 23.2 Å². The summed E-state index contributed by atoms with van der Waals surface area (Å²) in [6, 6.07) is 1.52. The van der Waals surface area contributed by atoms with Crippen LogP contribution in [0.2, 0.25) is 0 Å². The van der Waals surface area contributed by atoms with Crippen LogP contribution in [-0.4, -0.2) is 65.5 Å². The molecule has 2 N–H and O–H groups in total. The van der Waals surface area contributed by atoms with Gasteiger partial charge in [-0.2, -0.15) is 0 Å². The van der Waals surface area contributed by atoms with Crippen LogP contribution < -0.4 is 5.32 Å². The number of furan rings is 1. The highest BCUT2D eigenvalue weighted by molar-refractivity contribution is 5.95. The number of carbonyl (C=O) groups excluding carboxylic acids is 2. The molecule has 0 spiro atoms. The highest BCUT2D eigenvalue weighted by Gasteiger charge is 2.26. The van der Waals surface area contributed by atoms with Crippen LogP contribution in [0.5, 0.6) is 0 Å². The van der Waals surface area contributed by atoms with Crippen LogP contribution in [0.4, 0.5) is 4.79 Å². The van der Waals surface area contributed by atoms with Crippen molar-refractivity contribution in [3.8, 4) is 0 Å². The number of piperazine rings is 1. The fraction of sp³-hybridized carbons (Fsp3) is 0.562. The molecule has 1 fully saturated rings. The van der Waals surface area contributed by atoms with Crippen molar-refractivity contribution in [1.82, 2.24) is 15.1 Å². The molecule has 0 aliphatic carbocycles. The third-order valence-corrected chi connectivity index (χ3v) is 3.97. The molecule has 0 radical (unpaired) electrons. The number of aryl methyl sites for hydroxylation is 2. The first kappa shape index (κ1) is 17.8. The van der Waals surface area contributed by atoms with E-state index in [1.54, 1.807) is 29.7 Å². The Balaban J connectivity index is 1.78. The molecule has 1 aliphatic rings. The molecule has 1 aromatic heterocycles. The number of urea groups is 1. The van der Waals surface area contributed by atoms with Crippen molar-refractivity contribution in [2.45, 2.75) is 26.7 Å². The Morgan fingerprint density at radius 2 is 1.79 bits per heavy atom. The zero-order valence-corrected chi connectivity index (χ0v) is 14.0. The number of nitrogens with zero attached hydrogens (tertiary/aromatic N) is 2. The first-order valence-electron chi connectivity index (χ1n) is 7.99. The largest absolute Gasteiger partial charge is 0.481 e. The van der Waals surface area contributed by atoms with Gasteiger partial charge < -0.3 is 24.6 Å². The molecular weight excluding hydrogens is 314 g/mol. The number of carboxylic acid groups (broad SMARTS) is 1. The number of amides is 3. The summed E-state index contributed by atoms with van der Waals surface area (Å²) in [5.74, 6) is 0.360. The van der Waals surface area contributed by atoms with Gasteiger partial charge in [-0.05, 0) is 26.3 Å². The highest BCUT2D eigenvalue weighted by Crippen LogP contribution is 2.17. The molecule has 0 atom stereocenters. The van der Waals surface area contributed by atoms with Crippen LogP contribution in [0, 0.1) is 13.8 Å². The molecule has 132 valence electrons. The van der Waals surface area contributed by atoms with Gasteiger partial charge in [0.25, 0.3) is 5.91 Å². The van der Waals surface area contributed by atoms with E-state index in [0.29, 0.717) is 56.2 Å². The zero-order chi connectivity index (χ0) is 17.7. The topological polar surface area (TPSA) is 103 Å². The summed E-state index contributed by atoms with van der Waals surface area (Å²) in [5, 5.41) is 11.3. The summed E-state index contributed by atoms with van der Waals surface area (Å²) in [5.41, 5.74) is 0.569. The lowest BCUT2D eigenvalue weighted by Gasteiger charge is -2.34. The molecule has 8 heteroatoms. The number of aliphatic carboxylic acids is 1. The minimum Gasteiger partial charge on any atom is -0.481 e. The van der Waals surface area contributed by atoms with Crippen molar-refractivity contribution < 1.29 is 23.9 Å².